The number of nitrogens with zero attached hydrogens (tertiary/aromatic N) is 1. The molecule has 0 aliphatic carbocycles. The van der Waals surface area contributed by atoms with Crippen LogP contribution in [-0.2, 0) is 11.3 Å². The molecule has 37 heavy (non-hydrogen) atoms. The molecule has 0 spiro atoms. The van der Waals surface area contributed by atoms with Crippen LogP contribution in [0.2, 0.25) is 5.15 Å². The molecule has 0 fully saturated rings. The second-order valence-corrected chi connectivity index (χ2v) is 10.6. The molecule has 0 saturated carbocycles. The van der Waals surface area contributed by atoms with Crippen molar-refractivity contribution >= 4 is 40.8 Å². The number of halogens is 1. The average molecular weight is 517 g/mol. The van der Waals surface area contributed by atoms with E-state index in [4.69, 9.17) is 20.7 Å². The molecule has 2 aromatic carbocycles. The van der Waals surface area contributed by atoms with Gasteiger partial charge in [0.1, 0.15) is 16.5 Å². The van der Waals surface area contributed by atoms with Crippen LogP contribution in [0.1, 0.15) is 66.3 Å². The van der Waals surface area contributed by atoms with Gasteiger partial charge in [0.15, 0.2) is 5.43 Å². The molecule has 1 aliphatic rings. The first-order chi connectivity index (χ1) is 17.6. The molecule has 2 aromatic heterocycles. The fourth-order valence-electron chi connectivity index (χ4n) is 5.23. The Hall–Kier alpha value is -3.13. The van der Waals surface area contributed by atoms with Gasteiger partial charge in [0, 0.05) is 22.6 Å². The Bertz CT molecular complexity index is 1600. The largest absolute Gasteiger partial charge is 0.491 e. The van der Waals surface area contributed by atoms with Gasteiger partial charge in [0.05, 0.1) is 29.4 Å². The molecule has 8 heteroatoms. The topological polar surface area (TPSA) is 84.6 Å². The molecule has 2 N–H and O–H groups in total. The number of aromatic nitrogens is 1. The summed E-state index contributed by atoms with van der Waals surface area (Å²) in [5.41, 5.74) is 8.31. The summed E-state index contributed by atoms with van der Waals surface area (Å²) >= 11 is 6.34. The number of rotatable bonds is 5. The number of hydrogen-bond acceptors (Lipinski definition) is 6. The summed E-state index contributed by atoms with van der Waals surface area (Å²) in [6, 6.07) is 11.2. The van der Waals surface area contributed by atoms with Crippen molar-refractivity contribution in [2.75, 3.05) is 5.32 Å². The van der Waals surface area contributed by atoms with E-state index in [-0.39, 0.29) is 17.4 Å². The molecule has 0 saturated heterocycles. The first-order valence-electron chi connectivity index (χ1n) is 12.5. The number of hydrogen-bond donors (Lipinski definition) is 2. The maximum absolute atomic E-state index is 13.2. The number of nitrogens with one attached hydrogen (secondary N) is 1. The van der Waals surface area contributed by atoms with Gasteiger partial charge in [0.2, 0.25) is 0 Å². The van der Waals surface area contributed by atoms with Crippen LogP contribution in [-0.4, -0.2) is 17.1 Å². The lowest BCUT2D eigenvalue weighted by atomic mass is 9.77. The molecule has 0 amide bonds. The van der Waals surface area contributed by atoms with E-state index < -0.39 is 7.12 Å². The van der Waals surface area contributed by atoms with E-state index in [0.717, 1.165) is 39.0 Å². The van der Waals surface area contributed by atoms with E-state index in [1.807, 2.05) is 65.8 Å². The summed E-state index contributed by atoms with van der Waals surface area (Å²) < 4.78 is 11.8. The highest BCUT2D eigenvalue weighted by Crippen LogP contribution is 2.36. The molecular weight excluding hydrogens is 487 g/mol. The Labute approximate surface area is 221 Å². The lowest BCUT2D eigenvalue weighted by Crippen LogP contribution is -2.28. The van der Waals surface area contributed by atoms with Crippen molar-refractivity contribution in [1.29, 1.82) is 0 Å². The van der Waals surface area contributed by atoms with Crippen LogP contribution in [0.15, 0.2) is 45.6 Å². The van der Waals surface area contributed by atoms with Crippen molar-refractivity contribution < 1.29 is 14.1 Å². The van der Waals surface area contributed by atoms with E-state index in [2.05, 4.69) is 16.4 Å². The van der Waals surface area contributed by atoms with Crippen LogP contribution in [0.25, 0.3) is 22.2 Å². The zero-order valence-corrected chi connectivity index (χ0v) is 22.7. The van der Waals surface area contributed by atoms with Gasteiger partial charge in [-0.2, -0.15) is 0 Å². The fraction of sp³-hybridized carbons (Fsp3) is 0.310. The van der Waals surface area contributed by atoms with Gasteiger partial charge < -0.3 is 19.4 Å². The van der Waals surface area contributed by atoms with Crippen molar-refractivity contribution in [2.45, 2.75) is 60.1 Å². The van der Waals surface area contributed by atoms with E-state index in [0.29, 0.717) is 39.7 Å². The van der Waals surface area contributed by atoms with E-state index in [9.17, 15) is 9.82 Å². The maximum Gasteiger partial charge on any atom is 0.491 e. The Morgan fingerprint density at radius 2 is 1.84 bits per heavy atom. The van der Waals surface area contributed by atoms with Crippen LogP contribution >= 0.6 is 11.6 Å². The molecule has 4 aromatic rings. The van der Waals surface area contributed by atoms with Crippen molar-refractivity contribution in [2.24, 2.45) is 0 Å². The van der Waals surface area contributed by atoms with Gasteiger partial charge in [0.25, 0.3) is 0 Å². The number of fused-ring (bicyclic) bond motifs is 2. The highest BCUT2D eigenvalue weighted by atomic mass is 35.5. The number of anilines is 1. The average Bonchev–Trinajstić information content (AvgIpc) is 3.24. The van der Waals surface area contributed by atoms with E-state index in [1.165, 1.54) is 0 Å². The highest BCUT2D eigenvalue weighted by molar-refractivity contribution is 6.61. The molecule has 0 unspecified atom stereocenters. The zero-order chi connectivity index (χ0) is 26.6. The third kappa shape index (κ3) is 4.45. The second-order valence-electron chi connectivity index (χ2n) is 10.2. The summed E-state index contributed by atoms with van der Waals surface area (Å²) in [4.78, 5) is 17.9. The summed E-state index contributed by atoms with van der Waals surface area (Å²) in [6.45, 7) is 12.3. The van der Waals surface area contributed by atoms with Crippen molar-refractivity contribution in [3.63, 3.8) is 0 Å². The molecule has 1 aliphatic heterocycles. The van der Waals surface area contributed by atoms with Crippen LogP contribution in [0.5, 0.6) is 0 Å². The minimum atomic E-state index is -0.906. The molecule has 0 radical (unpaired) electrons. The lowest BCUT2D eigenvalue weighted by molar-refractivity contribution is 0.275. The molecular formula is C29H30BClN2O4. The van der Waals surface area contributed by atoms with Gasteiger partial charge in [-0.1, -0.05) is 43.6 Å². The van der Waals surface area contributed by atoms with Crippen LogP contribution in [0, 0.1) is 20.8 Å². The fourth-order valence-corrected chi connectivity index (χ4v) is 5.38. The smallest absolute Gasteiger partial charge is 0.460 e. The molecule has 1 atom stereocenters. The van der Waals surface area contributed by atoms with Crippen LogP contribution in [0.3, 0.4) is 0 Å². The van der Waals surface area contributed by atoms with E-state index in [1.54, 1.807) is 6.07 Å². The molecule has 3 heterocycles. The SMILES string of the molecule is Cc1cc([C@H](C)Nc2ccc(Cl)nc2-c2ccc3c(c2C)COB3O)c2oc(C(C)C)c(C)c(=O)c2c1. The molecule has 6 nitrogen and oxygen atoms in total. The summed E-state index contributed by atoms with van der Waals surface area (Å²) in [5, 5.41) is 14.7. The molecule has 5 rings (SSSR count). The van der Waals surface area contributed by atoms with Crippen molar-refractivity contribution in [1.82, 2.24) is 4.98 Å². The maximum atomic E-state index is 13.2. The Morgan fingerprint density at radius 1 is 1.08 bits per heavy atom. The first kappa shape index (κ1) is 25.5. The van der Waals surface area contributed by atoms with Crippen molar-refractivity contribution in [3.05, 3.63) is 85.4 Å². The number of benzene rings is 2. The monoisotopic (exact) mass is 516 g/mol. The van der Waals surface area contributed by atoms with Crippen LogP contribution < -0.4 is 16.2 Å². The Morgan fingerprint density at radius 3 is 2.57 bits per heavy atom. The van der Waals surface area contributed by atoms with Crippen LogP contribution in [0.4, 0.5) is 5.69 Å². The number of aryl methyl sites for hydroxylation is 1. The summed E-state index contributed by atoms with van der Waals surface area (Å²) in [5.74, 6) is 0.800. The van der Waals surface area contributed by atoms with Gasteiger partial charge in [-0.25, -0.2) is 4.98 Å². The van der Waals surface area contributed by atoms with Crippen molar-refractivity contribution in [3.8, 4) is 11.3 Å². The second kappa shape index (κ2) is 9.64. The molecule has 0 bridgehead atoms. The van der Waals surface area contributed by atoms with Gasteiger partial charge in [-0.3, -0.25) is 4.79 Å². The standard InChI is InChI=1S/C29H30BClN2O4/c1-14(2)28-17(5)27(34)21-12-15(3)11-20(29(21)37-28)18(6)32-24-9-10-25(31)33-26(24)19-7-8-23-22(16(19)4)13-36-30(23)35/h7-12,14,18,32,35H,13H2,1-6H3/t18-/m0/s1. The lowest BCUT2D eigenvalue weighted by Gasteiger charge is -2.21. The molecule has 190 valence electrons. The number of pyridine rings is 1. The predicted octanol–water partition coefficient (Wildman–Crippen LogP) is 5.95. The van der Waals surface area contributed by atoms with Gasteiger partial charge >= 0.3 is 7.12 Å². The Balaban J connectivity index is 1.62. The Kier molecular flexibility index (Phi) is 6.65. The predicted molar refractivity (Wildman–Crippen MR) is 150 cm³/mol. The minimum absolute atomic E-state index is 0.00845. The minimum Gasteiger partial charge on any atom is -0.460 e. The quantitative estimate of drug-likeness (QED) is 0.252. The van der Waals surface area contributed by atoms with Gasteiger partial charge in [-0.15, -0.1) is 0 Å². The summed E-state index contributed by atoms with van der Waals surface area (Å²) in [7, 11) is -0.906. The normalized spacial score (nSPS) is 13.9. The van der Waals surface area contributed by atoms with Gasteiger partial charge in [-0.05, 0) is 68.0 Å². The third-order valence-electron chi connectivity index (χ3n) is 7.19. The zero-order valence-electron chi connectivity index (χ0n) is 21.9. The summed E-state index contributed by atoms with van der Waals surface area (Å²) in [6.07, 6.45) is 0. The van der Waals surface area contributed by atoms with E-state index >= 15 is 0 Å². The highest BCUT2D eigenvalue weighted by Gasteiger charge is 2.30. The third-order valence-corrected chi connectivity index (χ3v) is 7.40. The first-order valence-corrected chi connectivity index (χ1v) is 12.9.